The van der Waals surface area contributed by atoms with Gasteiger partial charge in [-0.1, -0.05) is 5.16 Å². The van der Waals surface area contributed by atoms with Crippen molar-refractivity contribution in [2.75, 3.05) is 6.54 Å². The zero-order valence-corrected chi connectivity index (χ0v) is 7.03. The Hall–Kier alpha value is -1.55. The normalized spacial score (nSPS) is 10.8. The molecule has 0 saturated carbocycles. The molecule has 0 atom stereocenters. The van der Waals surface area contributed by atoms with Gasteiger partial charge in [0.05, 0.1) is 0 Å². The maximum atomic E-state index is 9.16. The summed E-state index contributed by atoms with van der Waals surface area (Å²) in [5.41, 5.74) is 6.07. The minimum atomic E-state index is 0.195. The van der Waals surface area contributed by atoms with Crippen LogP contribution in [0.5, 0.6) is 5.75 Å². The van der Waals surface area contributed by atoms with Crippen LogP contribution in [-0.2, 0) is 6.42 Å². The molecule has 0 unspecified atom stereocenters. The molecule has 0 aliphatic carbocycles. The first-order valence-corrected chi connectivity index (χ1v) is 4.08. The minimum absolute atomic E-state index is 0.195. The number of nitrogens with two attached hydrogens (primary N) is 1. The number of nitrogens with zero attached hydrogens (tertiary/aromatic N) is 1. The monoisotopic (exact) mass is 178 g/mol. The highest BCUT2D eigenvalue weighted by molar-refractivity contribution is 5.81. The first-order chi connectivity index (χ1) is 6.31. The Morgan fingerprint density at radius 3 is 3.08 bits per heavy atom. The fourth-order valence-electron chi connectivity index (χ4n) is 1.30. The number of aromatic hydroxyl groups is 1. The molecule has 4 heteroatoms. The molecule has 2 rings (SSSR count). The lowest BCUT2D eigenvalue weighted by Gasteiger charge is -1.92. The van der Waals surface area contributed by atoms with E-state index in [9.17, 15) is 0 Å². The summed E-state index contributed by atoms with van der Waals surface area (Å²) in [4.78, 5) is 0. The SMILES string of the molecule is NCCc1onc2cc(O)ccc12. The van der Waals surface area contributed by atoms with Crippen LogP contribution in [0.4, 0.5) is 0 Å². The molecule has 2 aromatic rings. The molecule has 1 heterocycles. The zero-order valence-electron chi connectivity index (χ0n) is 7.03. The molecule has 68 valence electrons. The van der Waals surface area contributed by atoms with Gasteiger partial charge in [0.1, 0.15) is 17.0 Å². The quantitative estimate of drug-likeness (QED) is 0.720. The fourth-order valence-corrected chi connectivity index (χ4v) is 1.30. The Bertz CT molecular complexity index is 422. The number of phenolic OH excluding ortho intramolecular Hbond substituents is 1. The van der Waals surface area contributed by atoms with Crippen LogP contribution in [0.2, 0.25) is 0 Å². The van der Waals surface area contributed by atoms with Crippen molar-refractivity contribution in [3.63, 3.8) is 0 Å². The van der Waals surface area contributed by atoms with Gasteiger partial charge in [-0.25, -0.2) is 0 Å². The Morgan fingerprint density at radius 2 is 2.31 bits per heavy atom. The predicted molar refractivity (Wildman–Crippen MR) is 48.4 cm³/mol. The first kappa shape index (κ1) is 8.07. The molecular formula is C9H10N2O2. The molecule has 3 N–H and O–H groups in total. The summed E-state index contributed by atoms with van der Waals surface area (Å²) in [5, 5.41) is 13.9. The van der Waals surface area contributed by atoms with Crippen LogP contribution in [0.3, 0.4) is 0 Å². The van der Waals surface area contributed by atoms with E-state index >= 15 is 0 Å². The number of hydrogen-bond acceptors (Lipinski definition) is 4. The molecule has 4 nitrogen and oxygen atoms in total. The van der Waals surface area contributed by atoms with E-state index in [0.717, 1.165) is 11.1 Å². The predicted octanol–water partition coefficient (Wildman–Crippen LogP) is 1.03. The third-order valence-corrected chi connectivity index (χ3v) is 1.91. The summed E-state index contributed by atoms with van der Waals surface area (Å²) in [6, 6.07) is 4.96. The topological polar surface area (TPSA) is 72.3 Å². The van der Waals surface area contributed by atoms with Gasteiger partial charge in [0.2, 0.25) is 0 Å². The van der Waals surface area contributed by atoms with Crippen molar-refractivity contribution >= 4 is 10.9 Å². The van der Waals surface area contributed by atoms with E-state index in [1.165, 1.54) is 0 Å². The van der Waals surface area contributed by atoms with Crippen molar-refractivity contribution < 1.29 is 9.63 Å². The van der Waals surface area contributed by atoms with Gasteiger partial charge in [0.15, 0.2) is 0 Å². The average Bonchev–Trinajstić information content (AvgIpc) is 2.49. The lowest BCUT2D eigenvalue weighted by molar-refractivity contribution is 0.392. The molecular weight excluding hydrogens is 168 g/mol. The summed E-state index contributed by atoms with van der Waals surface area (Å²) >= 11 is 0. The van der Waals surface area contributed by atoms with Crippen LogP contribution in [-0.4, -0.2) is 16.8 Å². The lowest BCUT2D eigenvalue weighted by atomic mass is 10.2. The van der Waals surface area contributed by atoms with E-state index in [0.29, 0.717) is 18.5 Å². The van der Waals surface area contributed by atoms with Crippen LogP contribution < -0.4 is 5.73 Å². The van der Waals surface area contributed by atoms with Crippen molar-refractivity contribution in [3.8, 4) is 5.75 Å². The summed E-state index contributed by atoms with van der Waals surface area (Å²) in [6.07, 6.45) is 0.668. The smallest absolute Gasteiger partial charge is 0.145 e. The highest BCUT2D eigenvalue weighted by atomic mass is 16.5. The van der Waals surface area contributed by atoms with Gasteiger partial charge in [0, 0.05) is 17.9 Å². The molecule has 13 heavy (non-hydrogen) atoms. The summed E-state index contributed by atoms with van der Waals surface area (Å²) in [5.74, 6) is 0.970. The maximum Gasteiger partial charge on any atom is 0.145 e. The largest absolute Gasteiger partial charge is 0.508 e. The second kappa shape index (κ2) is 3.06. The van der Waals surface area contributed by atoms with Crippen LogP contribution in [0.1, 0.15) is 5.76 Å². The number of fused-ring (bicyclic) bond motifs is 1. The van der Waals surface area contributed by atoms with Gasteiger partial charge in [-0.3, -0.25) is 0 Å². The Morgan fingerprint density at radius 1 is 1.46 bits per heavy atom. The van der Waals surface area contributed by atoms with E-state index < -0.39 is 0 Å². The van der Waals surface area contributed by atoms with Crippen molar-refractivity contribution in [3.05, 3.63) is 24.0 Å². The summed E-state index contributed by atoms with van der Waals surface area (Å²) in [7, 11) is 0. The van der Waals surface area contributed by atoms with Crippen LogP contribution in [0.25, 0.3) is 10.9 Å². The van der Waals surface area contributed by atoms with Crippen molar-refractivity contribution in [2.24, 2.45) is 5.73 Å². The van der Waals surface area contributed by atoms with Crippen LogP contribution in [0.15, 0.2) is 22.7 Å². The zero-order chi connectivity index (χ0) is 9.26. The van der Waals surface area contributed by atoms with E-state index in [4.69, 9.17) is 15.4 Å². The average molecular weight is 178 g/mol. The Kier molecular flexibility index (Phi) is 1.90. The standard InChI is InChI=1S/C9H10N2O2/c10-4-3-9-7-2-1-6(12)5-8(7)11-13-9/h1-2,5,12H,3-4,10H2. The molecule has 0 amide bonds. The fraction of sp³-hybridized carbons (Fsp3) is 0.222. The molecule has 0 saturated heterocycles. The molecule has 0 aliphatic rings. The Balaban J connectivity index is 2.55. The second-order valence-electron chi connectivity index (χ2n) is 2.85. The van der Waals surface area contributed by atoms with E-state index in [2.05, 4.69) is 5.16 Å². The molecule has 0 aliphatic heterocycles. The maximum absolute atomic E-state index is 9.16. The van der Waals surface area contributed by atoms with Gasteiger partial charge < -0.3 is 15.4 Å². The third-order valence-electron chi connectivity index (χ3n) is 1.91. The van der Waals surface area contributed by atoms with Gasteiger partial charge in [-0.2, -0.15) is 0 Å². The van der Waals surface area contributed by atoms with E-state index in [1.54, 1.807) is 18.2 Å². The van der Waals surface area contributed by atoms with Crippen LogP contribution in [0, 0.1) is 0 Å². The van der Waals surface area contributed by atoms with E-state index in [-0.39, 0.29) is 5.75 Å². The molecule has 1 aromatic carbocycles. The molecule has 1 aromatic heterocycles. The Labute approximate surface area is 74.9 Å². The van der Waals surface area contributed by atoms with Crippen molar-refractivity contribution in [2.45, 2.75) is 6.42 Å². The van der Waals surface area contributed by atoms with Gasteiger partial charge >= 0.3 is 0 Å². The number of phenols is 1. The number of aromatic nitrogens is 1. The van der Waals surface area contributed by atoms with Crippen molar-refractivity contribution in [1.82, 2.24) is 5.16 Å². The second-order valence-corrected chi connectivity index (χ2v) is 2.85. The van der Waals surface area contributed by atoms with Gasteiger partial charge in [-0.05, 0) is 18.7 Å². The number of rotatable bonds is 2. The molecule has 0 spiro atoms. The van der Waals surface area contributed by atoms with Crippen molar-refractivity contribution in [1.29, 1.82) is 0 Å². The summed E-state index contributed by atoms with van der Waals surface area (Å²) in [6.45, 7) is 0.533. The van der Waals surface area contributed by atoms with Gasteiger partial charge in [-0.15, -0.1) is 0 Å². The number of benzene rings is 1. The summed E-state index contributed by atoms with van der Waals surface area (Å²) < 4.78 is 5.07. The van der Waals surface area contributed by atoms with Gasteiger partial charge in [0.25, 0.3) is 0 Å². The lowest BCUT2D eigenvalue weighted by Crippen LogP contribution is -2.01. The molecule has 0 radical (unpaired) electrons. The van der Waals surface area contributed by atoms with E-state index in [1.807, 2.05) is 0 Å². The molecule has 0 bridgehead atoms. The number of hydrogen-bond donors (Lipinski definition) is 2. The minimum Gasteiger partial charge on any atom is -0.508 e. The highest BCUT2D eigenvalue weighted by Crippen LogP contribution is 2.22. The molecule has 0 fully saturated rings. The van der Waals surface area contributed by atoms with Crippen LogP contribution >= 0.6 is 0 Å². The first-order valence-electron chi connectivity index (χ1n) is 4.08. The highest BCUT2D eigenvalue weighted by Gasteiger charge is 2.07. The third kappa shape index (κ3) is 1.36.